The number of aromatic nitrogens is 1. The largest absolute Gasteiger partial charge is 0.444 e. The van der Waals surface area contributed by atoms with Gasteiger partial charge >= 0.3 is 6.09 Å². The lowest BCUT2D eigenvalue weighted by molar-refractivity contribution is 0.00970. The highest BCUT2D eigenvalue weighted by Crippen LogP contribution is 2.24. The molecule has 1 aromatic heterocycles. The average molecular weight is 417 g/mol. The molecule has 2 amide bonds. The molecule has 2 atom stereocenters. The Bertz CT molecular complexity index is 760. The highest BCUT2D eigenvalue weighted by Gasteiger charge is 2.35. The van der Waals surface area contributed by atoms with E-state index in [-0.39, 0.29) is 25.2 Å². The Morgan fingerprint density at radius 1 is 1.43 bits per heavy atom. The number of halogens is 2. The van der Waals surface area contributed by atoms with Crippen molar-refractivity contribution in [1.29, 1.82) is 0 Å². The Kier molecular flexibility index (Phi) is 6.92. The molecule has 0 radical (unpaired) electrons. The van der Waals surface area contributed by atoms with Crippen LogP contribution < -0.4 is 5.32 Å². The smallest absolute Gasteiger partial charge is 0.410 e. The summed E-state index contributed by atoms with van der Waals surface area (Å²) in [5.41, 5.74) is 0.463. The van der Waals surface area contributed by atoms with Gasteiger partial charge in [0.2, 0.25) is 0 Å². The first-order chi connectivity index (χ1) is 13.0. The number of oxime groups is 1. The summed E-state index contributed by atoms with van der Waals surface area (Å²) >= 11 is 6.18. The topological polar surface area (TPSA) is 96.0 Å². The zero-order valence-electron chi connectivity index (χ0n) is 16.6. The first-order valence-electron chi connectivity index (χ1n) is 8.91. The highest BCUT2D eigenvalue weighted by atomic mass is 35.5. The molecule has 156 valence electrons. The van der Waals surface area contributed by atoms with E-state index in [4.69, 9.17) is 16.3 Å². The van der Waals surface area contributed by atoms with Crippen molar-refractivity contribution in [2.24, 2.45) is 5.16 Å². The van der Waals surface area contributed by atoms with Gasteiger partial charge in [-0.2, -0.15) is 0 Å². The van der Waals surface area contributed by atoms with E-state index in [1.807, 2.05) is 0 Å². The molecule has 10 heteroatoms. The van der Waals surface area contributed by atoms with Gasteiger partial charge in [0, 0.05) is 17.8 Å². The highest BCUT2D eigenvalue weighted by molar-refractivity contribution is 6.34. The molecule has 2 rings (SSSR count). The molecule has 2 N–H and O–H groups in total. The summed E-state index contributed by atoms with van der Waals surface area (Å²) in [6, 6.07) is -0.735. The van der Waals surface area contributed by atoms with Crippen molar-refractivity contribution >= 4 is 29.8 Å². The van der Waals surface area contributed by atoms with Crippen LogP contribution in [0.5, 0.6) is 0 Å². The van der Waals surface area contributed by atoms with Gasteiger partial charge in [0.15, 0.2) is 0 Å². The van der Waals surface area contributed by atoms with E-state index in [2.05, 4.69) is 20.3 Å². The van der Waals surface area contributed by atoms with E-state index in [0.29, 0.717) is 16.3 Å². The fourth-order valence-electron chi connectivity index (χ4n) is 2.83. The summed E-state index contributed by atoms with van der Waals surface area (Å²) in [5, 5.41) is 6.64. The molecule has 1 fully saturated rings. The van der Waals surface area contributed by atoms with Crippen LogP contribution in [-0.2, 0) is 9.57 Å². The van der Waals surface area contributed by atoms with Gasteiger partial charge in [-0.15, -0.1) is 0 Å². The van der Waals surface area contributed by atoms with Crippen molar-refractivity contribution in [2.75, 3.05) is 20.2 Å². The first-order valence-corrected chi connectivity index (χ1v) is 9.28. The number of piperidine rings is 1. The lowest BCUT2D eigenvalue weighted by atomic mass is 10.0. The number of ether oxygens (including phenoxy) is 1. The number of carbonyl (C=O) groups excluding carboxylic acids is 2. The Hall–Kier alpha value is -2.29. The molecule has 1 saturated heterocycles. The second-order valence-electron chi connectivity index (χ2n) is 7.58. The molecule has 8 nitrogen and oxygen atoms in total. The van der Waals surface area contributed by atoms with E-state index in [1.54, 1.807) is 27.7 Å². The van der Waals surface area contributed by atoms with Crippen LogP contribution in [0.3, 0.4) is 0 Å². The third kappa shape index (κ3) is 5.37. The van der Waals surface area contributed by atoms with Crippen LogP contribution >= 0.6 is 11.6 Å². The molecule has 0 unspecified atom stereocenters. The summed E-state index contributed by atoms with van der Waals surface area (Å²) in [5.74, 6) is -0.508. The Morgan fingerprint density at radius 3 is 2.68 bits per heavy atom. The van der Waals surface area contributed by atoms with Crippen molar-refractivity contribution in [1.82, 2.24) is 15.2 Å². The third-order valence-corrected chi connectivity index (χ3v) is 4.66. The number of carbonyl (C=O) groups is 2. The monoisotopic (exact) mass is 416 g/mol. The van der Waals surface area contributed by atoms with Crippen LogP contribution in [0.25, 0.3) is 0 Å². The summed E-state index contributed by atoms with van der Waals surface area (Å²) in [6.45, 7) is 7.09. The number of likely N-dealkylation sites (tertiary alicyclic amines) is 1. The van der Waals surface area contributed by atoms with Gasteiger partial charge in [0.05, 0.1) is 23.8 Å². The zero-order chi connectivity index (χ0) is 21.1. The number of alkyl halides is 1. The summed E-state index contributed by atoms with van der Waals surface area (Å²) in [7, 11) is 1.37. The maximum absolute atomic E-state index is 14.6. The van der Waals surface area contributed by atoms with Gasteiger partial charge in [-0.3, -0.25) is 4.79 Å². The quantitative estimate of drug-likeness (QED) is 0.582. The van der Waals surface area contributed by atoms with Crippen LogP contribution in [0.2, 0.25) is 5.02 Å². The van der Waals surface area contributed by atoms with Crippen LogP contribution in [0.4, 0.5) is 9.18 Å². The lowest BCUT2D eigenvalue weighted by Crippen LogP contribution is -2.54. The van der Waals surface area contributed by atoms with E-state index in [0.717, 1.165) is 0 Å². The van der Waals surface area contributed by atoms with Crippen LogP contribution in [0.15, 0.2) is 5.16 Å². The minimum atomic E-state index is -1.42. The lowest BCUT2D eigenvalue weighted by Gasteiger charge is -2.35. The molecular formula is C18H26ClFN4O4. The molecule has 0 aliphatic carbocycles. The number of rotatable bonds is 4. The van der Waals surface area contributed by atoms with Gasteiger partial charge in [-0.05, 0) is 34.1 Å². The number of amides is 2. The molecule has 0 saturated carbocycles. The number of hydrogen-bond acceptors (Lipinski definition) is 5. The number of H-pyrrole nitrogens is 1. The third-order valence-electron chi connectivity index (χ3n) is 4.17. The van der Waals surface area contributed by atoms with Crippen LogP contribution in [-0.4, -0.2) is 66.1 Å². The van der Waals surface area contributed by atoms with Crippen LogP contribution in [0.1, 0.15) is 48.9 Å². The Morgan fingerprint density at radius 2 is 2.11 bits per heavy atom. The second kappa shape index (κ2) is 8.81. The normalized spacial score (nSPS) is 20.3. The maximum atomic E-state index is 14.6. The van der Waals surface area contributed by atoms with Crippen molar-refractivity contribution in [2.45, 2.75) is 51.9 Å². The fraction of sp³-hybridized carbons (Fsp3) is 0.611. The average Bonchev–Trinajstić information content (AvgIpc) is 2.88. The molecule has 0 bridgehead atoms. The van der Waals surface area contributed by atoms with E-state index < -0.39 is 29.8 Å². The molecule has 0 spiro atoms. The number of hydrogen-bond donors (Lipinski definition) is 2. The molecule has 1 aromatic rings. The second-order valence-corrected chi connectivity index (χ2v) is 7.96. The van der Waals surface area contributed by atoms with Crippen molar-refractivity contribution < 1.29 is 23.6 Å². The fourth-order valence-corrected chi connectivity index (χ4v) is 3.02. The predicted octanol–water partition coefficient (Wildman–Crippen LogP) is 3.03. The van der Waals surface area contributed by atoms with E-state index in [1.165, 1.54) is 18.2 Å². The maximum Gasteiger partial charge on any atom is 0.410 e. The molecule has 2 heterocycles. The van der Waals surface area contributed by atoms with Crippen LogP contribution in [0, 0.1) is 6.92 Å². The summed E-state index contributed by atoms with van der Waals surface area (Å²) < 4.78 is 19.9. The molecule has 0 aromatic carbocycles. The van der Waals surface area contributed by atoms with Gasteiger partial charge in [-0.25, -0.2) is 9.18 Å². The number of nitrogens with zero attached hydrogens (tertiary/aromatic N) is 2. The van der Waals surface area contributed by atoms with Crippen molar-refractivity contribution in [3.05, 3.63) is 22.0 Å². The summed E-state index contributed by atoms with van der Waals surface area (Å²) in [4.78, 5) is 33.6. The predicted molar refractivity (Wildman–Crippen MR) is 104 cm³/mol. The minimum absolute atomic E-state index is 0.150. The van der Waals surface area contributed by atoms with Gasteiger partial charge in [-0.1, -0.05) is 16.8 Å². The Labute approximate surface area is 168 Å². The number of aryl methyl sites for hydroxylation is 1. The Balaban J connectivity index is 2.04. The van der Waals surface area contributed by atoms with E-state index >= 15 is 0 Å². The molecular weight excluding hydrogens is 391 g/mol. The zero-order valence-corrected chi connectivity index (χ0v) is 17.4. The van der Waals surface area contributed by atoms with Gasteiger partial charge in [0.1, 0.15) is 24.6 Å². The number of nitrogens with one attached hydrogen (secondary N) is 2. The molecule has 28 heavy (non-hydrogen) atoms. The SMILES string of the molecule is CO/N=C/c1c(C(=O)N[C@@H]2CCN(C(=O)OC(C)(C)C)C[C@@H]2F)[nH]c(C)c1Cl. The number of aromatic amines is 1. The minimum Gasteiger partial charge on any atom is -0.444 e. The molecule has 1 aliphatic heterocycles. The first kappa shape index (κ1) is 22.0. The van der Waals surface area contributed by atoms with E-state index in [9.17, 15) is 14.0 Å². The van der Waals surface area contributed by atoms with Gasteiger partial charge < -0.3 is 24.8 Å². The van der Waals surface area contributed by atoms with Crippen molar-refractivity contribution in [3.63, 3.8) is 0 Å². The van der Waals surface area contributed by atoms with Crippen molar-refractivity contribution in [3.8, 4) is 0 Å². The summed E-state index contributed by atoms with van der Waals surface area (Å²) in [6.07, 6.45) is -0.405. The standard InChI is InChI=1S/C18H26ClFN4O4/c1-10-14(19)11(8-21-27-5)15(22-10)16(25)23-13-6-7-24(9-12(13)20)17(26)28-18(2,3)4/h8,12-13,22H,6-7,9H2,1-5H3,(H,23,25)/b21-8+/t12-,13+/m0/s1. The molecule has 1 aliphatic rings. The van der Waals surface area contributed by atoms with Gasteiger partial charge in [0.25, 0.3) is 5.91 Å².